The Hall–Kier alpha value is -0.810. The highest BCUT2D eigenvalue weighted by Crippen LogP contribution is 2.07. The van der Waals surface area contributed by atoms with Crippen molar-refractivity contribution in [2.75, 3.05) is 13.2 Å². The van der Waals surface area contributed by atoms with Gasteiger partial charge in [0.2, 0.25) is 0 Å². The third-order valence-corrected chi connectivity index (χ3v) is 1.65. The molecule has 0 aromatic heterocycles. The molecule has 0 aromatic carbocycles. The van der Waals surface area contributed by atoms with Crippen LogP contribution < -0.4 is 5.32 Å². The second-order valence-corrected chi connectivity index (χ2v) is 6.12. The Kier molecular flexibility index (Phi) is 11.9. The summed E-state index contributed by atoms with van der Waals surface area (Å²) in [5.41, 5.74) is -0.541. The van der Waals surface area contributed by atoms with Crippen molar-refractivity contribution < 1.29 is 19.7 Å². The first-order valence-electron chi connectivity index (χ1n) is 6.83. The van der Waals surface area contributed by atoms with Crippen LogP contribution in [0.1, 0.15) is 54.4 Å². The van der Waals surface area contributed by atoms with Crippen molar-refractivity contribution in [3.63, 3.8) is 0 Å². The van der Waals surface area contributed by atoms with Crippen molar-refractivity contribution in [2.24, 2.45) is 5.92 Å². The molecule has 0 bridgehead atoms. The lowest BCUT2D eigenvalue weighted by Crippen LogP contribution is -2.41. The molecule has 5 heteroatoms. The van der Waals surface area contributed by atoms with Gasteiger partial charge in [0.25, 0.3) is 0 Å². The van der Waals surface area contributed by atoms with E-state index in [1.54, 1.807) is 20.8 Å². The number of aliphatic hydroxyl groups excluding tert-OH is 2. The van der Waals surface area contributed by atoms with E-state index in [1.807, 2.05) is 0 Å². The fourth-order valence-corrected chi connectivity index (χ4v) is 1.02. The summed E-state index contributed by atoms with van der Waals surface area (Å²) in [6.45, 7) is 11.7. The van der Waals surface area contributed by atoms with Crippen LogP contribution in [0.3, 0.4) is 0 Å². The van der Waals surface area contributed by atoms with Crippen LogP contribution in [-0.2, 0) is 4.74 Å². The van der Waals surface area contributed by atoms with Gasteiger partial charge in [-0.25, -0.2) is 4.79 Å². The van der Waals surface area contributed by atoms with E-state index in [0.29, 0.717) is 12.8 Å². The van der Waals surface area contributed by atoms with E-state index >= 15 is 0 Å². The van der Waals surface area contributed by atoms with Crippen molar-refractivity contribution >= 4 is 6.09 Å². The number of carbonyl (C=O) groups excluding carboxylic acids is 1. The average molecular weight is 277 g/mol. The number of hydrogen-bond donors (Lipinski definition) is 3. The summed E-state index contributed by atoms with van der Waals surface area (Å²) >= 11 is 0. The molecule has 0 radical (unpaired) electrons. The third-order valence-electron chi connectivity index (χ3n) is 1.65. The fraction of sp³-hybridized carbons (Fsp3) is 0.929. The summed E-state index contributed by atoms with van der Waals surface area (Å²) in [5.74, 6) is 0.833. The third kappa shape index (κ3) is 19.7. The second-order valence-electron chi connectivity index (χ2n) is 6.12. The molecule has 0 aliphatic carbocycles. The first-order chi connectivity index (χ1) is 8.62. The zero-order valence-corrected chi connectivity index (χ0v) is 13.2. The van der Waals surface area contributed by atoms with Gasteiger partial charge < -0.3 is 20.3 Å². The minimum atomic E-state index is -0.542. The van der Waals surface area contributed by atoms with Crippen LogP contribution >= 0.6 is 0 Å². The number of ether oxygens (including phenoxy) is 1. The summed E-state index contributed by atoms with van der Waals surface area (Å²) in [6, 6.07) is -0.355. The number of aliphatic hydroxyl groups is 2. The zero-order chi connectivity index (χ0) is 15.5. The Morgan fingerprint density at radius 2 is 1.68 bits per heavy atom. The summed E-state index contributed by atoms with van der Waals surface area (Å²) < 4.78 is 5.03. The van der Waals surface area contributed by atoms with Crippen molar-refractivity contribution in [2.45, 2.75) is 66.0 Å². The normalized spacial score (nSPS) is 12.5. The highest BCUT2D eigenvalue weighted by Gasteiger charge is 2.18. The minimum absolute atomic E-state index is 0.0481. The molecule has 0 heterocycles. The number of amides is 1. The van der Waals surface area contributed by atoms with Crippen LogP contribution in [0.15, 0.2) is 0 Å². The molecule has 0 rings (SSSR count). The largest absolute Gasteiger partial charge is 0.444 e. The Bertz CT molecular complexity index is 221. The summed E-state index contributed by atoms with van der Waals surface area (Å²) in [7, 11) is 0. The van der Waals surface area contributed by atoms with E-state index in [1.165, 1.54) is 0 Å². The monoisotopic (exact) mass is 277 g/mol. The zero-order valence-electron chi connectivity index (χ0n) is 13.2. The molecule has 0 aliphatic rings. The molecule has 5 nitrogen and oxygen atoms in total. The molecule has 3 N–H and O–H groups in total. The molecule has 116 valence electrons. The number of nitrogens with one attached hydrogen (secondary N) is 1. The highest BCUT2D eigenvalue weighted by atomic mass is 16.6. The minimum Gasteiger partial charge on any atom is -0.444 e. The Morgan fingerprint density at radius 3 is 2.00 bits per heavy atom. The van der Waals surface area contributed by atoms with Gasteiger partial charge in [0.15, 0.2) is 0 Å². The molecule has 1 atom stereocenters. The summed E-state index contributed by atoms with van der Waals surface area (Å²) in [4.78, 5) is 11.3. The maximum Gasteiger partial charge on any atom is 0.407 e. The number of alkyl carbamates (subject to hydrolysis) is 1. The van der Waals surface area contributed by atoms with E-state index in [4.69, 9.17) is 14.9 Å². The molecule has 1 unspecified atom stereocenters. The van der Waals surface area contributed by atoms with Crippen LogP contribution in [0, 0.1) is 5.92 Å². The van der Waals surface area contributed by atoms with Gasteiger partial charge in [-0.05, 0) is 39.5 Å². The topological polar surface area (TPSA) is 78.8 Å². The van der Waals surface area contributed by atoms with Crippen LogP contribution in [0.4, 0.5) is 4.79 Å². The van der Waals surface area contributed by atoms with Gasteiger partial charge in [-0.2, -0.15) is 0 Å². The summed E-state index contributed by atoms with van der Waals surface area (Å²) in [5, 5.41) is 20.1. The van der Waals surface area contributed by atoms with Crippen LogP contribution in [0.25, 0.3) is 0 Å². The molecule has 0 aromatic rings. The van der Waals surface area contributed by atoms with Crippen molar-refractivity contribution in [1.29, 1.82) is 0 Å². The lowest BCUT2D eigenvalue weighted by Gasteiger charge is -2.22. The van der Waals surface area contributed by atoms with Crippen molar-refractivity contribution in [1.82, 2.24) is 5.32 Å². The van der Waals surface area contributed by atoms with E-state index in [-0.39, 0.29) is 19.3 Å². The Balaban J connectivity index is 0. The first kappa shape index (κ1) is 20.5. The molecule has 0 spiro atoms. The van der Waals surface area contributed by atoms with E-state index < -0.39 is 11.7 Å². The van der Waals surface area contributed by atoms with Crippen molar-refractivity contribution in [3.8, 4) is 0 Å². The molecule has 0 saturated heterocycles. The molecule has 0 fully saturated rings. The van der Waals surface area contributed by atoms with Gasteiger partial charge in [-0.15, -0.1) is 0 Å². The Morgan fingerprint density at radius 1 is 1.21 bits per heavy atom. The SMILES string of the molecule is CC(C)(C)OC(=O)NC(CO)CCCO.CC(C)C. The second kappa shape index (κ2) is 11.1. The number of carbonyl (C=O) groups is 1. The summed E-state index contributed by atoms with van der Waals surface area (Å²) in [6.07, 6.45) is 0.535. The predicted octanol–water partition coefficient (Wildman–Crippen LogP) is 2.31. The van der Waals surface area contributed by atoms with Gasteiger partial charge in [0.05, 0.1) is 12.6 Å². The Labute approximate surface area is 117 Å². The van der Waals surface area contributed by atoms with Gasteiger partial charge in [-0.3, -0.25) is 0 Å². The average Bonchev–Trinajstić information content (AvgIpc) is 2.20. The van der Waals surface area contributed by atoms with E-state index in [9.17, 15) is 4.79 Å². The van der Waals surface area contributed by atoms with Gasteiger partial charge >= 0.3 is 6.09 Å². The number of hydrogen-bond acceptors (Lipinski definition) is 4. The molecule has 19 heavy (non-hydrogen) atoms. The lowest BCUT2D eigenvalue weighted by atomic mass is 10.2. The van der Waals surface area contributed by atoms with Crippen LogP contribution in [0.5, 0.6) is 0 Å². The van der Waals surface area contributed by atoms with Gasteiger partial charge in [0, 0.05) is 6.61 Å². The lowest BCUT2D eigenvalue weighted by molar-refractivity contribution is 0.0476. The molecular weight excluding hydrogens is 246 g/mol. The van der Waals surface area contributed by atoms with Gasteiger partial charge in [0.1, 0.15) is 5.60 Å². The molecule has 0 saturated carbocycles. The van der Waals surface area contributed by atoms with E-state index in [0.717, 1.165) is 5.92 Å². The maximum atomic E-state index is 11.3. The first-order valence-corrected chi connectivity index (χ1v) is 6.83. The van der Waals surface area contributed by atoms with E-state index in [2.05, 4.69) is 26.1 Å². The smallest absolute Gasteiger partial charge is 0.407 e. The van der Waals surface area contributed by atoms with Crippen LogP contribution in [0.2, 0.25) is 0 Å². The standard InChI is InChI=1S/C10H21NO4.C4H10/c1-10(2,3)15-9(14)11-8(7-13)5-4-6-12;1-4(2)3/h8,12-13H,4-7H2,1-3H3,(H,11,14);4H,1-3H3. The fourth-order valence-electron chi connectivity index (χ4n) is 1.02. The predicted molar refractivity (Wildman–Crippen MR) is 77.1 cm³/mol. The van der Waals surface area contributed by atoms with Crippen molar-refractivity contribution in [3.05, 3.63) is 0 Å². The highest BCUT2D eigenvalue weighted by molar-refractivity contribution is 5.68. The molecular formula is C14H31NO4. The number of rotatable bonds is 5. The quantitative estimate of drug-likeness (QED) is 0.720. The molecule has 1 amide bonds. The van der Waals surface area contributed by atoms with Crippen LogP contribution in [-0.4, -0.2) is 41.2 Å². The molecule has 0 aliphatic heterocycles. The maximum absolute atomic E-state index is 11.3. The van der Waals surface area contributed by atoms with Gasteiger partial charge in [-0.1, -0.05) is 20.8 Å².